The molecule has 19 nitrogen and oxygen atoms in total. The first kappa shape index (κ1) is 46.5. The molecule has 0 radical (unpaired) electrons. The van der Waals surface area contributed by atoms with Gasteiger partial charge in [0.15, 0.2) is 18.1 Å². The molecule has 0 aliphatic carbocycles. The van der Waals surface area contributed by atoms with E-state index >= 15 is 0 Å². The number of amides is 5. The highest BCUT2D eigenvalue weighted by Crippen LogP contribution is 2.31. The Morgan fingerprint density at radius 2 is 1.62 bits per heavy atom. The molecule has 358 valence electrons. The van der Waals surface area contributed by atoms with Crippen LogP contribution in [0.15, 0.2) is 91.4 Å². The van der Waals surface area contributed by atoms with Crippen molar-refractivity contribution >= 4 is 47.0 Å². The minimum absolute atomic E-state index is 0.101. The minimum Gasteiger partial charge on any atom is -0.484 e. The molecular formula is C49H52FN11O8. The number of nitrogens with zero attached hydrogens (tertiary/aromatic N) is 8. The molecule has 1 unspecified atom stereocenters. The highest BCUT2D eigenvalue weighted by atomic mass is 19.1. The number of rotatable bonds is 15. The van der Waals surface area contributed by atoms with E-state index in [1.165, 1.54) is 35.4 Å². The summed E-state index contributed by atoms with van der Waals surface area (Å²) in [6.07, 6.45) is 6.93. The Labute approximate surface area is 396 Å². The number of fused-ring (bicyclic) bond motifs is 1. The van der Waals surface area contributed by atoms with Gasteiger partial charge in [-0.05, 0) is 86.8 Å². The summed E-state index contributed by atoms with van der Waals surface area (Å²) in [5.41, 5.74) is 8.81. The highest BCUT2D eigenvalue weighted by Gasteiger charge is 2.39. The van der Waals surface area contributed by atoms with E-state index in [-0.39, 0.29) is 61.3 Å². The van der Waals surface area contributed by atoms with Gasteiger partial charge in [-0.25, -0.2) is 19.2 Å². The molecule has 2 atom stereocenters. The molecule has 0 spiro atoms. The predicted octanol–water partition coefficient (Wildman–Crippen LogP) is 3.61. The lowest BCUT2D eigenvalue weighted by Gasteiger charge is -2.36. The van der Waals surface area contributed by atoms with Crippen LogP contribution in [-0.2, 0) is 30.5 Å². The second-order valence-corrected chi connectivity index (χ2v) is 17.5. The van der Waals surface area contributed by atoms with Crippen LogP contribution in [-0.4, -0.2) is 140 Å². The van der Waals surface area contributed by atoms with E-state index in [2.05, 4.69) is 35.5 Å². The zero-order valence-electron chi connectivity index (χ0n) is 37.8. The first-order valence-electron chi connectivity index (χ1n) is 23.1. The van der Waals surface area contributed by atoms with E-state index in [1.54, 1.807) is 54.7 Å². The molecule has 69 heavy (non-hydrogen) atoms. The summed E-state index contributed by atoms with van der Waals surface area (Å²) in [5.74, 6) is -2.89. The monoisotopic (exact) mass is 941 g/mol. The molecule has 3 aromatic carbocycles. The third-order valence-electron chi connectivity index (χ3n) is 13.0. The summed E-state index contributed by atoms with van der Waals surface area (Å²) in [5, 5.41) is 9.61. The Hall–Kier alpha value is -7.58. The topological polar surface area (TPSA) is 228 Å². The summed E-state index contributed by atoms with van der Waals surface area (Å²) in [6.45, 7) is 6.60. The standard InChI is InChI=1S/C49H52FN11O8/c50-34-7-9-35(10-8-34)54-47(65)44(31-5-2-1-3-6-31)69-49(67)43-45(51)52-27-39(55-43)33-26-53-61(29-33)36-15-19-57(20-16-36)17-4-18-58-21-23-59(24-22-58)42(63)30-68-37-11-12-38-32(25-37)28-60(48(38)66)40-13-14-41(62)56-46(40)64/h1-3,5-12,25-27,29,36,40,44H,4,13-24,28,30H2,(H2,51,52)(H,54,65)(H,56,62,64)/t40?,44-/m1/s1. The summed E-state index contributed by atoms with van der Waals surface area (Å²) >= 11 is 0. The van der Waals surface area contributed by atoms with Gasteiger partial charge in [-0.2, -0.15) is 5.10 Å². The quantitative estimate of drug-likeness (QED) is 0.101. The lowest BCUT2D eigenvalue weighted by atomic mass is 10.0. The SMILES string of the molecule is Nc1ncc(-c2cnn(C3CCN(CCCN4CCN(C(=O)COc5ccc6c(c5)CN(C5CCC(=O)NC5=O)C6=O)CC4)CC3)c2)nc1C(=O)O[C@@H](C(=O)Nc1ccc(F)cc1)c1ccccc1. The van der Waals surface area contributed by atoms with Gasteiger partial charge in [-0.1, -0.05) is 30.3 Å². The maximum absolute atomic E-state index is 13.6. The number of nitrogens with one attached hydrogen (secondary N) is 2. The van der Waals surface area contributed by atoms with Gasteiger partial charge in [0.1, 0.15) is 17.6 Å². The molecule has 0 bridgehead atoms. The zero-order chi connectivity index (χ0) is 48.0. The van der Waals surface area contributed by atoms with Crippen LogP contribution in [0.5, 0.6) is 5.75 Å². The largest absolute Gasteiger partial charge is 0.484 e. The van der Waals surface area contributed by atoms with Crippen LogP contribution in [0.3, 0.4) is 0 Å². The van der Waals surface area contributed by atoms with Crippen LogP contribution in [0, 0.1) is 5.82 Å². The van der Waals surface area contributed by atoms with E-state index in [9.17, 15) is 33.2 Å². The predicted molar refractivity (Wildman–Crippen MR) is 248 cm³/mol. The lowest BCUT2D eigenvalue weighted by Crippen LogP contribution is -2.52. The van der Waals surface area contributed by atoms with E-state index in [0.29, 0.717) is 46.9 Å². The van der Waals surface area contributed by atoms with Crippen molar-refractivity contribution in [3.63, 3.8) is 0 Å². The number of benzene rings is 3. The number of aromatic nitrogens is 4. The van der Waals surface area contributed by atoms with Crippen molar-refractivity contribution < 1.29 is 42.6 Å². The highest BCUT2D eigenvalue weighted by molar-refractivity contribution is 6.05. The Morgan fingerprint density at radius 1 is 0.884 bits per heavy atom. The van der Waals surface area contributed by atoms with Crippen LogP contribution in [0.1, 0.15) is 76.2 Å². The molecule has 0 saturated carbocycles. The number of ether oxygens (including phenoxy) is 2. The van der Waals surface area contributed by atoms with E-state index in [0.717, 1.165) is 64.1 Å². The normalized spacial score (nSPS) is 18.4. The fourth-order valence-corrected chi connectivity index (χ4v) is 9.19. The molecule has 4 aliphatic rings. The Bertz CT molecular complexity index is 2720. The van der Waals surface area contributed by atoms with Crippen LogP contribution >= 0.6 is 0 Å². The summed E-state index contributed by atoms with van der Waals surface area (Å²) in [7, 11) is 0. The Kier molecular flexibility index (Phi) is 14.0. The number of nitrogen functional groups attached to an aromatic ring is 1. The van der Waals surface area contributed by atoms with Gasteiger partial charge < -0.3 is 35.2 Å². The molecular weight excluding hydrogens is 890 g/mol. The van der Waals surface area contributed by atoms with Gasteiger partial charge in [0.25, 0.3) is 17.7 Å². The third kappa shape index (κ3) is 10.9. The molecule has 3 saturated heterocycles. The lowest BCUT2D eigenvalue weighted by molar-refractivity contribution is -0.137. The average Bonchev–Trinajstić information content (AvgIpc) is 3.98. The zero-order valence-corrected chi connectivity index (χ0v) is 37.8. The Balaban J connectivity index is 0.696. The number of hydrogen-bond donors (Lipinski definition) is 3. The van der Waals surface area contributed by atoms with Crippen molar-refractivity contribution in [2.24, 2.45) is 0 Å². The number of anilines is 2. The van der Waals surface area contributed by atoms with Crippen LogP contribution in [0.25, 0.3) is 11.3 Å². The molecule has 5 amide bonds. The molecule has 5 aromatic rings. The number of piperazine rings is 1. The van der Waals surface area contributed by atoms with Crippen molar-refractivity contribution in [3.8, 4) is 17.0 Å². The first-order valence-corrected chi connectivity index (χ1v) is 23.1. The number of piperidine rings is 2. The van der Waals surface area contributed by atoms with Gasteiger partial charge >= 0.3 is 5.97 Å². The number of likely N-dealkylation sites (tertiary alicyclic amines) is 1. The van der Waals surface area contributed by atoms with Gasteiger partial charge in [0.05, 0.1) is 24.1 Å². The number of esters is 1. The summed E-state index contributed by atoms with van der Waals surface area (Å²) in [4.78, 5) is 93.9. The average molecular weight is 942 g/mol. The van der Waals surface area contributed by atoms with Gasteiger partial charge in [-0.3, -0.25) is 38.9 Å². The number of carbonyl (C=O) groups excluding carboxylic acids is 6. The van der Waals surface area contributed by atoms with E-state index in [4.69, 9.17) is 15.2 Å². The van der Waals surface area contributed by atoms with Gasteiger partial charge in [0.2, 0.25) is 17.9 Å². The van der Waals surface area contributed by atoms with Gasteiger partial charge in [-0.15, -0.1) is 0 Å². The van der Waals surface area contributed by atoms with Crippen LogP contribution < -0.4 is 21.1 Å². The van der Waals surface area contributed by atoms with E-state index < -0.39 is 35.7 Å². The third-order valence-corrected chi connectivity index (χ3v) is 13.0. The Morgan fingerprint density at radius 3 is 2.36 bits per heavy atom. The molecule has 9 rings (SSSR count). The number of halogens is 1. The summed E-state index contributed by atoms with van der Waals surface area (Å²) < 4.78 is 27.0. The second kappa shape index (κ2) is 20.7. The molecule has 3 fully saturated rings. The van der Waals surface area contributed by atoms with Crippen LogP contribution in [0.2, 0.25) is 0 Å². The molecule has 4 N–H and O–H groups in total. The molecule has 20 heteroatoms. The number of carbonyl (C=O) groups is 6. The second-order valence-electron chi connectivity index (χ2n) is 17.5. The molecule has 4 aliphatic heterocycles. The van der Waals surface area contributed by atoms with Crippen molar-refractivity contribution in [1.82, 2.24) is 44.7 Å². The molecule has 2 aromatic heterocycles. The van der Waals surface area contributed by atoms with Crippen molar-refractivity contribution in [1.29, 1.82) is 0 Å². The smallest absolute Gasteiger partial charge is 0.361 e. The van der Waals surface area contributed by atoms with Crippen molar-refractivity contribution in [2.75, 3.05) is 70.0 Å². The van der Waals surface area contributed by atoms with Crippen molar-refractivity contribution in [2.45, 2.75) is 56.8 Å². The number of imide groups is 1. The van der Waals surface area contributed by atoms with Crippen LogP contribution in [0.4, 0.5) is 15.9 Å². The van der Waals surface area contributed by atoms with Crippen molar-refractivity contribution in [3.05, 3.63) is 120 Å². The van der Waals surface area contributed by atoms with E-state index in [1.807, 2.05) is 15.8 Å². The summed E-state index contributed by atoms with van der Waals surface area (Å²) in [6, 6.07) is 18.3. The number of nitrogens with two attached hydrogens (primary N) is 1. The fourth-order valence-electron chi connectivity index (χ4n) is 9.19. The maximum Gasteiger partial charge on any atom is 0.361 e. The first-order chi connectivity index (χ1) is 33.4. The van der Waals surface area contributed by atoms with Gasteiger partial charge in [0, 0.05) is 80.8 Å². The molecule has 6 heterocycles. The number of hydrogen-bond acceptors (Lipinski definition) is 14. The fraction of sp³-hybridized carbons (Fsp3) is 0.367. The maximum atomic E-state index is 13.6. The minimum atomic E-state index is -1.37.